The van der Waals surface area contributed by atoms with E-state index in [1.807, 2.05) is 13.8 Å². The molecule has 0 amide bonds. The molecule has 0 saturated carbocycles. The zero-order chi connectivity index (χ0) is 17.2. The van der Waals surface area contributed by atoms with Gasteiger partial charge in [0.15, 0.2) is 0 Å². The molecule has 0 heterocycles. The van der Waals surface area contributed by atoms with Gasteiger partial charge in [-0.1, -0.05) is 32.1 Å². The van der Waals surface area contributed by atoms with Crippen molar-refractivity contribution in [3.05, 3.63) is 38.0 Å². The molecule has 6 nitrogen and oxygen atoms in total. The maximum Gasteiger partial charge on any atom is 0.409 e. The SMILES string of the molecule is C=CCOP(=O)(OCC=C)N(CC=C)C(C(=O)OC)C(C)C. The number of nitrogens with zero attached hydrogens (tertiary/aromatic N) is 1. The van der Waals surface area contributed by atoms with Crippen LogP contribution >= 0.6 is 7.75 Å². The number of esters is 1. The van der Waals surface area contributed by atoms with Gasteiger partial charge in [-0.3, -0.25) is 13.8 Å². The summed E-state index contributed by atoms with van der Waals surface area (Å²) in [5.41, 5.74) is 0. The Bertz CT molecular complexity index is 420. The smallest absolute Gasteiger partial charge is 0.409 e. The van der Waals surface area contributed by atoms with Crippen LogP contribution in [-0.4, -0.2) is 43.5 Å². The van der Waals surface area contributed by atoms with E-state index in [0.717, 1.165) is 0 Å². The molecular formula is C15H26NO5P. The highest BCUT2D eigenvalue weighted by molar-refractivity contribution is 7.51. The van der Waals surface area contributed by atoms with E-state index in [2.05, 4.69) is 19.7 Å². The second-order valence-corrected chi connectivity index (χ2v) is 6.73. The van der Waals surface area contributed by atoms with Crippen LogP contribution in [0.5, 0.6) is 0 Å². The normalized spacial score (nSPS) is 13.0. The molecule has 0 aliphatic carbocycles. The van der Waals surface area contributed by atoms with E-state index in [9.17, 15) is 9.36 Å². The first-order valence-corrected chi connectivity index (χ1v) is 8.44. The van der Waals surface area contributed by atoms with E-state index < -0.39 is 19.8 Å². The third-order valence-corrected chi connectivity index (χ3v) is 4.73. The van der Waals surface area contributed by atoms with Crippen molar-refractivity contribution in [3.63, 3.8) is 0 Å². The third-order valence-electron chi connectivity index (χ3n) is 2.74. The Hall–Kier alpha value is -1.20. The third kappa shape index (κ3) is 5.89. The molecule has 0 aromatic heterocycles. The van der Waals surface area contributed by atoms with Crippen molar-refractivity contribution in [1.82, 2.24) is 4.67 Å². The Morgan fingerprint density at radius 1 is 1.14 bits per heavy atom. The molecule has 0 spiro atoms. The number of ether oxygens (including phenoxy) is 1. The summed E-state index contributed by atoms with van der Waals surface area (Å²) in [4.78, 5) is 12.1. The zero-order valence-corrected chi connectivity index (χ0v) is 14.5. The van der Waals surface area contributed by atoms with Crippen LogP contribution < -0.4 is 0 Å². The lowest BCUT2D eigenvalue weighted by Gasteiger charge is -2.35. The van der Waals surface area contributed by atoms with Gasteiger partial charge in [0, 0.05) is 6.54 Å². The molecular weight excluding hydrogens is 305 g/mol. The van der Waals surface area contributed by atoms with Crippen LogP contribution in [0.3, 0.4) is 0 Å². The minimum atomic E-state index is -3.74. The largest absolute Gasteiger partial charge is 0.468 e. The average molecular weight is 331 g/mol. The van der Waals surface area contributed by atoms with Gasteiger partial charge < -0.3 is 4.74 Å². The van der Waals surface area contributed by atoms with Crippen molar-refractivity contribution >= 4 is 13.7 Å². The van der Waals surface area contributed by atoms with Gasteiger partial charge >= 0.3 is 13.7 Å². The van der Waals surface area contributed by atoms with Crippen molar-refractivity contribution < 1.29 is 23.1 Å². The highest BCUT2D eigenvalue weighted by atomic mass is 31.2. The molecule has 0 aliphatic rings. The Kier molecular flexibility index (Phi) is 9.94. The summed E-state index contributed by atoms with van der Waals surface area (Å²) in [5.74, 6) is -0.679. The fourth-order valence-corrected chi connectivity index (χ4v) is 3.78. The lowest BCUT2D eigenvalue weighted by molar-refractivity contribution is -0.147. The molecule has 1 unspecified atom stereocenters. The molecule has 0 fully saturated rings. The Morgan fingerprint density at radius 3 is 1.95 bits per heavy atom. The van der Waals surface area contributed by atoms with E-state index in [1.54, 1.807) is 0 Å². The molecule has 0 aliphatic heterocycles. The number of carbonyl (C=O) groups is 1. The lowest BCUT2D eigenvalue weighted by Crippen LogP contribution is -2.44. The van der Waals surface area contributed by atoms with Gasteiger partial charge in [0.05, 0.1) is 20.3 Å². The van der Waals surface area contributed by atoms with Crippen LogP contribution in [0.4, 0.5) is 0 Å². The van der Waals surface area contributed by atoms with Crippen molar-refractivity contribution in [2.75, 3.05) is 26.9 Å². The van der Waals surface area contributed by atoms with Crippen LogP contribution in [-0.2, 0) is 23.1 Å². The van der Waals surface area contributed by atoms with Crippen molar-refractivity contribution in [3.8, 4) is 0 Å². The first-order valence-electron chi connectivity index (χ1n) is 6.94. The van der Waals surface area contributed by atoms with Gasteiger partial charge in [-0.15, -0.1) is 19.7 Å². The maximum absolute atomic E-state index is 13.1. The predicted octanol–water partition coefficient (Wildman–Crippen LogP) is 3.19. The molecule has 1 atom stereocenters. The topological polar surface area (TPSA) is 65.1 Å². The molecule has 7 heteroatoms. The van der Waals surface area contributed by atoms with E-state index in [-0.39, 0.29) is 25.7 Å². The summed E-state index contributed by atoms with van der Waals surface area (Å²) in [6.07, 6.45) is 4.44. The highest BCUT2D eigenvalue weighted by Crippen LogP contribution is 2.54. The minimum absolute atomic E-state index is 0.0219. The maximum atomic E-state index is 13.1. The van der Waals surface area contributed by atoms with Gasteiger partial charge in [-0.25, -0.2) is 4.57 Å². The number of methoxy groups -OCH3 is 1. The lowest BCUT2D eigenvalue weighted by atomic mass is 10.0. The van der Waals surface area contributed by atoms with E-state index in [1.165, 1.54) is 30.0 Å². The predicted molar refractivity (Wildman–Crippen MR) is 87.4 cm³/mol. The summed E-state index contributed by atoms with van der Waals surface area (Å²) in [6, 6.07) is -0.788. The first-order chi connectivity index (χ1) is 10.4. The average Bonchev–Trinajstić information content (AvgIpc) is 2.49. The van der Waals surface area contributed by atoms with Crippen LogP contribution in [0.2, 0.25) is 0 Å². The van der Waals surface area contributed by atoms with Crippen LogP contribution in [0.1, 0.15) is 13.8 Å². The van der Waals surface area contributed by atoms with Gasteiger partial charge in [0.1, 0.15) is 6.04 Å². The molecule has 126 valence electrons. The molecule has 0 saturated heterocycles. The van der Waals surface area contributed by atoms with E-state index >= 15 is 0 Å². The van der Waals surface area contributed by atoms with Crippen LogP contribution in [0, 0.1) is 5.92 Å². The van der Waals surface area contributed by atoms with Gasteiger partial charge in [0.25, 0.3) is 0 Å². The van der Waals surface area contributed by atoms with Gasteiger partial charge in [-0.2, -0.15) is 4.67 Å². The van der Waals surface area contributed by atoms with E-state index in [4.69, 9.17) is 13.8 Å². The monoisotopic (exact) mass is 331 g/mol. The molecule has 0 aromatic rings. The molecule has 0 aromatic carbocycles. The molecule has 0 rings (SSSR count). The summed E-state index contributed by atoms with van der Waals surface area (Å²) in [5, 5.41) is 0. The molecule has 22 heavy (non-hydrogen) atoms. The fraction of sp³-hybridized carbons (Fsp3) is 0.533. The van der Waals surface area contributed by atoms with Gasteiger partial charge in [-0.05, 0) is 5.92 Å². The fourth-order valence-electron chi connectivity index (χ4n) is 1.84. The Labute approximate surface area is 133 Å². The summed E-state index contributed by atoms with van der Waals surface area (Å²) in [7, 11) is -2.46. The summed E-state index contributed by atoms with van der Waals surface area (Å²) in [6.45, 7) is 14.5. The summed E-state index contributed by atoms with van der Waals surface area (Å²) >= 11 is 0. The van der Waals surface area contributed by atoms with Crippen molar-refractivity contribution in [1.29, 1.82) is 0 Å². The Morgan fingerprint density at radius 2 is 1.64 bits per heavy atom. The number of carbonyl (C=O) groups excluding carboxylic acids is 1. The number of hydrogen-bond acceptors (Lipinski definition) is 5. The standard InChI is InChI=1S/C15H26NO5P/c1-7-10-16(14(13(4)5)15(17)19-6)22(18,20-11-8-2)21-12-9-3/h7-9,13-14H,1-3,10-12H2,4-6H3. The zero-order valence-electron chi connectivity index (χ0n) is 13.6. The highest BCUT2D eigenvalue weighted by Gasteiger charge is 2.43. The molecule has 0 bridgehead atoms. The van der Waals surface area contributed by atoms with Crippen molar-refractivity contribution in [2.45, 2.75) is 19.9 Å². The Balaban J connectivity index is 5.70. The molecule has 0 N–H and O–H groups in total. The molecule has 0 radical (unpaired) electrons. The quantitative estimate of drug-likeness (QED) is 0.311. The van der Waals surface area contributed by atoms with E-state index in [0.29, 0.717) is 0 Å². The second kappa shape index (κ2) is 10.5. The number of hydrogen-bond donors (Lipinski definition) is 0. The second-order valence-electron chi connectivity index (χ2n) is 4.76. The van der Waals surface area contributed by atoms with Crippen LogP contribution in [0.25, 0.3) is 0 Å². The van der Waals surface area contributed by atoms with Gasteiger partial charge in [0.2, 0.25) is 0 Å². The first kappa shape index (κ1) is 20.8. The van der Waals surface area contributed by atoms with Crippen LogP contribution in [0.15, 0.2) is 38.0 Å². The minimum Gasteiger partial charge on any atom is -0.468 e. The summed E-state index contributed by atoms with van der Waals surface area (Å²) < 4.78 is 30.0. The number of rotatable bonds is 12. The van der Waals surface area contributed by atoms with Crippen molar-refractivity contribution in [2.24, 2.45) is 5.92 Å².